The van der Waals surface area contributed by atoms with Crippen LogP contribution >= 0.6 is 24.0 Å². The van der Waals surface area contributed by atoms with Crippen LogP contribution in [0.15, 0.2) is 52.3 Å². The van der Waals surface area contributed by atoms with Crippen LogP contribution in [0.3, 0.4) is 0 Å². The summed E-state index contributed by atoms with van der Waals surface area (Å²) in [5.41, 5.74) is 1.14. The Balaban J connectivity index is 0.00000256. The van der Waals surface area contributed by atoms with Crippen molar-refractivity contribution in [1.29, 1.82) is 0 Å². The van der Waals surface area contributed by atoms with E-state index in [0.717, 1.165) is 0 Å². The number of hydrogen-bond donors (Lipinski definition) is 0. The van der Waals surface area contributed by atoms with Gasteiger partial charge in [-0.15, -0.1) is 12.4 Å². The molecule has 2 aliphatic rings. The second kappa shape index (κ2) is 8.27. The van der Waals surface area contributed by atoms with E-state index in [1.807, 2.05) is 4.90 Å². The molecule has 2 aromatic rings. The summed E-state index contributed by atoms with van der Waals surface area (Å²) in [6.45, 7) is 2.16. The van der Waals surface area contributed by atoms with Crippen LogP contribution in [0, 0.1) is 10.4 Å². The molecule has 30 heavy (non-hydrogen) atoms. The lowest BCUT2D eigenvalue weighted by Crippen LogP contribution is -2.61. The molecule has 7 nitrogen and oxygen atoms in total. The molecule has 1 fully saturated rings. The van der Waals surface area contributed by atoms with Crippen molar-refractivity contribution in [3.05, 3.63) is 57.9 Å². The van der Waals surface area contributed by atoms with Crippen LogP contribution in [0.4, 0.5) is 11.4 Å². The van der Waals surface area contributed by atoms with E-state index < -0.39 is 9.84 Å². The number of nitrogens with zero attached hydrogens (tertiary/aromatic N) is 3. The molecule has 0 aromatic heterocycles. The topological polar surface area (TPSA) is 83.5 Å². The molecular weight excluding hydrogens is 449 g/mol. The van der Waals surface area contributed by atoms with Gasteiger partial charge in [-0.05, 0) is 30.3 Å². The lowest BCUT2D eigenvalue weighted by Gasteiger charge is -2.52. The van der Waals surface area contributed by atoms with Crippen molar-refractivity contribution in [2.75, 3.05) is 51.2 Å². The van der Waals surface area contributed by atoms with Crippen molar-refractivity contribution >= 4 is 45.2 Å². The summed E-state index contributed by atoms with van der Waals surface area (Å²) in [5.74, 6) is 0. The Labute approximate surface area is 188 Å². The van der Waals surface area contributed by atoms with Gasteiger partial charge in [0.25, 0.3) is 0 Å². The lowest BCUT2D eigenvalue weighted by molar-refractivity contribution is -0.980. The zero-order chi connectivity index (χ0) is 20.9. The van der Waals surface area contributed by atoms with Gasteiger partial charge < -0.3 is 24.6 Å². The largest absolute Gasteiger partial charge is 0.633 e. The van der Waals surface area contributed by atoms with Crippen LogP contribution in [0.2, 0.25) is 5.02 Å². The fourth-order valence-corrected chi connectivity index (χ4v) is 5.88. The molecule has 0 N–H and O–H groups in total. The molecule has 0 unspecified atom stereocenters. The second-order valence-electron chi connectivity index (χ2n) is 8.06. The number of sulfone groups is 1. The molecule has 1 saturated heterocycles. The number of rotatable bonds is 4. The molecule has 2 aromatic carbocycles. The Bertz CT molecular complexity index is 1040. The van der Waals surface area contributed by atoms with Gasteiger partial charge in [-0.3, -0.25) is 0 Å². The van der Waals surface area contributed by atoms with Gasteiger partial charge in [-0.25, -0.2) is 8.42 Å². The first-order chi connectivity index (χ1) is 13.6. The Morgan fingerprint density at radius 1 is 1.00 bits per heavy atom. The Hall–Kier alpha value is -1.39. The molecule has 0 aliphatic carbocycles. The number of hydrogen-bond acceptors (Lipinski definition) is 5. The van der Waals surface area contributed by atoms with E-state index in [1.54, 1.807) is 43.4 Å². The van der Waals surface area contributed by atoms with Crippen molar-refractivity contribution in [3.8, 4) is 0 Å². The smallest absolute Gasteiger partial charge is 0.210 e. The minimum absolute atomic E-state index is 0. The highest BCUT2D eigenvalue weighted by molar-refractivity contribution is 7.92. The minimum atomic E-state index is -3.62. The molecule has 0 amide bonds. The number of anilines is 2. The Morgan fingerprint density at radius 2 is 1.63 bits per heavy atom. The highest BCUT2D eigenvalue weighted by atomic mass is 35.5. The van der Waals surface area contributed by atoms with Crippen LogP contribution < -0.4 is 4.90 Å². The van der Waals surface area contributed by atoms with Crippen molar-refractivity contribution in [1.82, 2.24) is 0 Å². The van der Waals surface area contributed by atoms with Gasteiger partial charge in [0.05, 0.1) is 34.8 Å². The molecule has 4 rings (SSSR count). The zero-order valence-corrected chi connectivity index (χ0v) is 19.0. The second-order valence-corrected chi connectivity index (χ2v) is 10.4. The van der Waals surface area contributed by atoms with Gasteiger partial charge in [-0.2, -0.15) is 0 Å². The van der Waals surface area contributed by atoms with Crippen LogP contribution in [-0.2, 0) is 9.84 Å². The third-order valence-electron chi connectivity index (χ3n) is 5.86. The summed E-state index contributed by atoms with van der Waals surface area (Å²) in [6, 6.07) is 11.7. The summed E-state index contributed by atoms with van der Waals surface area (Å²) in [6.07, 6.45) is 0.576. The molecule has 0 radical (unpaired) electrons. The summed E-state index contributed by atoms with van der Waals surface area (Å²) in [5, 5.41) is 25.4. The number of halogens is 2. The maximum Gasteiger partial charge on any atom is 0.210 e. The first-order valence-electron chi connectivity index (χ1n) is 9.65. The van der Waals surface area contributed by atoms with E-state index in [1.165, 1.54) is 6.07 Å². The number of piperazine rings is 1. The normalized spacial score (nSPS) is 27.0. The third-order valence-corrected chi connectivity index (χ3v) is 7.94. The highest BCUT2D eigenvalue weighted by Crippen LogP contribution is 2.44. The molecule has 0 saturated carbocycles. The quantitative estimate of drug-likeness (QED) is 0.499. The van der Waals surface area contributed by atoms with E-state index in [4.69, 9.17) is 11.6 Å². The van der Waals surface area contributed by atoms with Gasteiger partial charge >= 0.3 is 0 Å². The average molecular weight is 474 g/mol. The molecule has 164 valence electrons. The monoisotopic (exact) mass is 473 g/mol. The van der Waals surface area contributed by atoms with E-state index in [9.17, 15) is 18.8 Å². The van der Waals surface area contributed by atoms with Crippen LogP contribution in [-0.4, -0.2) is 64.0 Å². The Kier molecular flexibility index (Phi) is 6.42. The average Bonchev–Trinajstić information content (AvgIpc) is 2.67. The van der Waals surface area contributed by atoms with Gasteiger partial charge in [-0.1, -0.05) is 23.7 Å². The molecule has 2 heterocycles. The number of quaternary nitrogens is 2. The van der Waals surface area contributed by atoms with E-state index in [2.05, 4.69) is 0 Å². The molecule has 0 spiro atoms. The highest BCUT2D eigenvalue weighted by Gasteiger charge is 2.35. The summed E-state index contributed by atoms with van der Waals surface area (Å²) >= 11 is 6.16. The predicted octanol–water partition coefficient (Wildman–Crippen LogP) is 3.71. The number of para-hydroxylation sites is 1. The summed E-state index contributed by atoms with van der Waals surface area (Å²) in [4.78, 5) is 2.42. The number of hydroxylamine groups is 6. The maximum absolute atomic E-state index is 13.0. The zero-order valence-electron chi connectivity index (χ0n) is 16.7. The van der Waals surface area contributed by atoms with Crippen molar-refractivity contribution in [2.24, 2.45) is 0 Å². The van der Waals surface area contributed by atoms with Gasteiger partial charge in [0, 0.05) is 18.0 Å². The molecule has 2 aliphatic heterocycles. The fourth-order valence-electron chi connectivity index (χ4n) is 4.08. The van der Waals surface area contributed by atoms with Crippen LogP contribution in [0.5, 0.6) is 0 Å². The van der Waals surface area contributed by atoms with Gasteiger partial charge in [0.2, 0.25) is 9.84 Å². The standard InChI is InChI=1S/C20H24ClN3O4S.ClH/c1-23(25)11-13-24(26,14-12-23)10-4-9-22-17-5-2-3-6-19(17)29(27,28)20-8-7-16(21)15-18(20)22;/h2-3,5-8,15H,4,9-14H2,1H3;1H. The van der Waals surface area contributed by atoms with Crippen molar-refractivity contribution in [3.63, 3.8) is 0 Å². The van der Waals surface area contributed by atoms with Crippen LogP contribution in [0.25, 0.3) is 0 Å². The van der Waals surface area contributed by atoms with Crippen LogP contribution in [0.1, 0.15) is 6.42 Å². The molecule has 0 bridgehead atoms. The maximum atomic E-state index is 13.0. The summed E-state index contributed by atoms with van der Waals surface area (Å²) < 4.78 is 25.3. The first kappa shape index (κ1) is 23.3. The third kappa shape index (κ3) is 4.31. The molecule has 0 atom stereocenters. The first-order valence-corrected chi connectivity index (χ1v) is 11.5. The minimum Gasteiger partial charge on any atom is -0.633 e. The van der Waals surface area contributed by atoms with Crippen molar-refractivity contribution in [2.45, 2.75) is 16.2 Å². The number of benzene rings is 2. The summed E-state index contributed by atoms with van der Waals surface area (Å²) in [7, 11) is -2.02. The fraction of sp³-hybridized carbons (Fsp3) is 0.400. The molecule has 10 heteroatoms. The predicted molar refractivity (Wildman–Crippen MR) is 120 cm³/mol. The Morgan fingerprint density at radius 3 is 2.33 bits per heavy atom. The van der Waals surface area contributed by atoms with Gasteiger partial charge in [0.15, 0.2) is 0 Å². The van der Waals surface area contributed by atoms with Crippen molar-refractivity contribution < 1.29 is 17.7 Å². The van der Waals surface area contributed by atoms with E-state index >= 15 is 0 Å². The van der Waals surface area contributed by atoms with Gasteiger partial charge in [0.1, 0.15) is 26.2 Å². The molecular formula is C20H25Cl2N3O4S. The van der Waals surface area contributed by atoms with E-state index in [-0.39, 0.29) is 31.5 Å². The number of fused-ring (bicyclic) bond motifs is 2. The lowest BCUT2D eigenvalue weighted by atomic mass is 10.2. The van der Waals surface area contributed by atoms with E-state index in [0.29, 0.717) is 62.1 Å². The number of likely N-dealkylation sites (N-methyl/N-ethyl adjacent to an activating group) is 1. The SMILES string of the molecule is C[N+]1([O-])CC[N+]([O-])(CCCN2c3ccccc3S(=O)(=O)c3ccc(Cl)cc32)CC1.Cl.